The van der Waals surface area contributed by atoms with Crippen molar-refractivity contribution < 1.29 is 4.79 Å². The number of likely N-dealkylation sites (N-methyl/N-ethyl adjacent to an activating group) is 1. The maximum atomic E-state index is 11.5. The van der Waals surface area contributed by atoms with Gasteiger partial charge in [-0.2, -0.15) is 0 Å². The van der Waals surface area contributed by atoms with Crippen LogP contribution in [0.5, 0.6) is 0 Å². The van der Waals surface area contributed by atoms with Gasteiger partial charge in [-0.3, -0.25) is 4.79 Å². The Morgan fingerprint density at radius 1 is 1.43 bits per heavy atom. The Morgan fingerprint density at radius 2 is 2.21 bits per heavy atom. The first-order chi connectivity index (χ1) is 6.74. The molecule has 0 unspecified atom stereocenters. The SMILES string of the molecule is CNCCNC(=O)c1cccc(C)n1. The molecule has 1 aromatic heterocycles. The molecule has 0 saturated heterocycles. The van der Waals surface area contributed by atoms with Gasteiger partial charge in [0.05, 0.1) is 0 Å². The van der Waals surface area contributed by atoms with E-state index in [1.165, 1.54) is 0 Å². The number of aryl methyl sites for hydroxylation is 1. The molecule has 4 nitrogen and oxygen atoms in total. The van der Waals surface area contributed by atoms with Crippen LogP contribution in [-0.4, -0.2) is 31.0 Å². The molecule has 0 aliphatic heterocycles. The fourth-order valence-corrected chi connectivity index (χ4v) is 1.06. The Kier molecular flexibility index (Phi) is 4.07. The number of hydrogen-bond acceptors (Lipinski definition) is 3. The highest BCUT2D eigenvalue weighted by Crippen LogP contribution is 1.97. The minimum Gasteiger partial charge on any atom is -0.349 e. The average molecular weight is 193 g/mol. The van der Waals surface area contributed by atoms with Gasteiger partial charge in [-0.05, 0) is 26.1 Å². The second-order valence-electron chi connectivity index (χ2n) is 3.02. The first-order valence-corrected chi connectivity index (χ1v) is 4.60. The summed E-state index contributed by atoms with van der Waals surface area (Å²) >= 11 is 0. The zero-order chi connectivity index (χ0) is 10.4. The van der Waals surface area contributed by atoms with E-state index in [1.807, 2.05) is 26.1 Å². The van der Waals surface area contributed by atoms with E-state index in [-0.39, 0.29) is 5.91 Å². The maximum Gasteiger partial charge on any atom is 0.269 e. The molecule has 1 rings (SSSR count). The summed E-state index contributed by atoms with van der Waals surface area (Å²) in [5.74, 6) is -0.121. The van der Waals surface area contributed by atoms with E-state index in [1.54, 1.807) is 6.07 Å². The smallest absolute Gasteiger partial charge is 0.269 e. The van der Waals surface area contributed by atoms with Crippen molar-refractivity contribution in [3.05, 3.63) is 29.6 Å². The van der Waals surface area contributed by atoms with Gasteiger partial charge in [0.2, 0.25) is 0 Å². The van der Waals surface area contributed by atoms with Gasteiger partial charge >= 0.3 is 0 Å². The van der Waals surface area contributed by atoms with Crippen molar-refractivity contribution in [3.8, 4) is 0 Å². The molecule has 0 spiro atoms. The molecule has 0 saturated carbocycles. The second kappa shape index (κ2) is 5.34. The van der Waals surface area contributed by atoms with E-state index in [9.17, 15) is 4.79 Å². The normalized spacial score (nSPS) is 9.86. The van der Waals surface area contributed by atoms with Crippen molar-refractivity contribution >= 4 is 5.91 Å². The molecule has 76 valence electrons. The summed E-state index contributed by atoms with van der Waals surface area (Å²) in [5.41, 5.74) is 1.33. The molecule has 0 fully saturated rings. The van der Waals surface area contributed by atoms with Gasteiger partial charge in [0, 0.05) is 18.8 Å². The van der Waals surface area contributed by atoms with Gasteiger partial charge in [0.15, 0.2) is 0 Å². The van der Waals surface area contributed by atoms with E-state index in [2.05, 4.69) is 15.6 Å². The Balaban J connectivity index is 2.52. The van der Waals surface area contributed by atoms with E-state index < -0.39 is 0 Å². The first-order valence-electron chi connectivity index (χ1n) is 4.60. The van der Waals surface area contributed by atoms with Crippen molar-refractivity contribution in [2.24, 2.45) is 0 Å². The van der Waals surface area contributed by atoms with E-state index in [0.717, 1.165) is 12.2 Å². The summed E-state index contributed by atoms with van der Waals surface area (Å²) in [6.07, 6.45) is 0. The van der Waals surface area contributed by atoms with Gasteiger partial charge in [-0.25, -0.2) is 4.98 Å². The third kappa shape index (κ3) is 3.14. The fourth-order valence-electron chi connectivity index (χ4n) is 1.06. The standard InChI is InChI=1S/C10H15N3O/c1-8-4-3-5-9(13-8)10(14)12-7-6-11-2/h3-5,11H,6-7H2,1-2H3,(H,12,14). The number of carbonyl (C=O) groups is 1. The van der Waals surface area contributed by atoms with E-state index >= 15 is 0 Å². The van der Waals surface area contributed by atoms with Crippen LogP contribution in [-0.2, 0) is 0 Å². The van der Waals surface area contributed by atoms with Crippen molar-refractivity contribution in [1.29, 1.82) is 0 Å². The molecule has 0 atom stereocenters. The lowest BCUT2D eigenvalue weighted by Crippen LogP contribution is -2.30. The van der Waals surface area contributed by atoms with Crippen LogP contribution in [0, 0.1) is 6.92 Å². The topological polar surface area (TPSA) is 54.0 Å². The Morgan fingerprint density at radius 3 is 2.86 bits per heavy atom. The number of hydrogen-bond donors (Lipinski definition) is 2. The molecular weight excluding hydrogens is 178 g/mol. The Labute approximate surface area is 83.7 Å². The molecule has 2 N–H and O–H groups in total. The third-order valence-corrected chi connectivity index (χ3v) is 1.78. The highest BCUT2D eigenvalue weighted by Gasteiger charge is 2.04. The zero-order valence-corrected chi connectivity index (χ0v) is 8.50. The van der Waals surface area contributed by atoms with Gasteiger partial charge in [0.25, 0.3) is 5.91 Å². The van der Waals surface area contributed by atoms with Gasteiger partial charge in [0.1, 0.15) is 5.69 Å². The zero-order valence-electron chi connectivity index (χ0n) is 8.50. The molecule has 0 aliphatic carbocycles. The first kappa shape index (κ1) is 10.7. The molecular formula is C10H15N3O. The molecule has 0 aliphatic rings. The van der Waals surface area contributed by atoms with Crippen LogP contribution >= 0.6 is 0 Å². The van der Waals surface area contributed by atoms with Crippen molar-refractivity contribution in [3.63, 3.8) is 0 Å². The Hall–Kier alpha value is -1.42. The summed E-state index contributed by atoms with van der Waals surface area (Å²) in [7, 11) is 1.84. The highest BCUT2D eigenvalue weighted by molar-refractivity contribution is 5.92. The highest BCUT2D eigenvalue weighted by atomic mass is 16.1. The van der Waals surface area contributed by atoms with Crippen molar-refractivity contribution in [1.82, 2.24) is 15.6 Å². The average Bonchev–Trinajstić information content (AvgIpc) is 2.18. The summed E-state index contributed by atoms with van der Waals surface area (Å²) in [4.78, 5) is 15.6. The van der Waals surface area contributed by atoms with Gasteiger partial charge in [-0.15, -0.1) is 0 Å². The van der Waals surface area contributed by atoms with Crippen molar-refractivity contribution in [2.75, 3.05) is 20.1 Å². The van der Waals surface area contributed by atoms with Crippen LogP contribution in [0.3, 0.4) is 0 Å². The van der Waals surface area contributed by atoms with Gasteiger partial charge < -0.3 is 10.6 Å². The van der Waals surface area contributed by atoms with Gasteiger partial charge in [-0.1, -0.05) is 6.07 Å². The molecule has 0 aromatic carbocycles. The number of nitrogens with one attached hydrogen (secondary N) is 2. The molecule has 0 bridgehead atoms. The predicted molar refractivity (Wildman–Crippen MR) is 55.2 cm³/mol. The number of pyridine rings is 1. The largest absolute Gasteiger partial charge is 0.349 e. The molecule has 1 heterocycles. The van der Waals surface area contributed by atoms with Crippen molar-refractivity contribution in [2.45, 2.75) is 6.92 Å². The lowest BCUT2D eigenvalue weighted by atomic mass is 10.3. The van der Waals surface area contributed by atoms with Crippen LogP contribution in [0.25, 0.3) is 0 Å². The number of nitrogens with zero attached hydrogens (tertiary/aromatic N) is 1. The summed E-state index contributed by atoms with van der Waals surface area (Å²) in [5, 5.41) is 5.71. The van der Waals surface area contributed by atoms with Crippen LogP contribution in [0.1, 0.15) is 16.2 Å². The minimum atomic E-state index is -0.121. The molecule has 14 heavy (non-hydrogen) atoms. The Bertz CT molecular complexity index is 312. The van der Waals surface area contributed by atoms with Crippen LogP contribution in [0.4, 0.5) is 0 Å². The summed E-state index contributed by atoms with van der Waals surface area (Å²) < 4.78 is 0. The molecule has 4 heteroatoms. The van der Waals surface area contributed by atoms with Crippen LogP contribution in [0.2, 0.25) is 0 Å². The quantitative estimate of drug-likeness (QED) is 0.678. The fraction of sp³-hybridized carbons (Fsp3) is 0.400. The second-order valence-corrected chi connectivity index (χ2v) is 3.02. The molecule has 1 aromatic rings. The number of aromatic nitrogens is 1. The van der Waals surface area contributed by atoms with E-state index in [4.69, 9.17) is 0 Å². The van der Waals surface area contributed by atoms with E-state index in [0.29, 0.717) is 12.2 Å². The number of carbonyl (C=O) groups excluding carboxylic acids is 1. The lowest BCUT2D eigenvalue weighted by Gasteiger charge is -2.04. The van der Waals surface area contributed by atoms with Crippen LogP contribution in [0.15, 0.2) is 18.2 Å². The number of amides is 1. The third-order valence-electron chi connectivity index (χ3n) is 1.78. The minimum absolute atomic E-state index is 0.121. The molecule has 1 amide bonds. The van der Waals surface area contributed by atoms with Crippen LogP contribution < -0.4 is 10.6 Å². The number of rotatable bonds is 4. The monoisotopic (exact) mass is 193 g/mol. The lowest BCUT2D eigenvalue weighted by molar-refractivity contribution is 0.0949. The summed E-state index contributed by atoms with van der Waals surface area (Å²) in [6.45, 7) is 3.24. The molecule has 0 radical (unpaired) electrons. The maximum absolute atomic E-state index is 11.5. The predicted octanol–water partition coefficient (Wildman–Crippen LogP) is 0.339. The summed E-state index contributed by atoms with van der Waals surface area (Å²) in [6, 6.07) is 5.40.